The van der Waals surface area contributed by atoms with Crippen LogP contribution in [0.1, 0.15) is 30.4 Å². The summed E-state index contributed by atoms with van der Waals surface area (Å²) in [6.45, 7) is 2.54. The summed E-state index contributed by atoms with van der Waals surface area (Å²) in [7, 11) is 0. The first-order chi connectivity index (χ1) is 12.7. The Hall–Kier alpha value is -1.88. The van der Waals surface area contributed by atoms with E-state index in [1.165, 1.54) is 11.1 Å². The third-order valence-electron chi connectivity index (χ3n) is 5.28. The second kappa shape index (κ2) is 10.5. The molecule has 0 aliphatic heterocycles. The molecule has 1 amide bonds. The molecule has 1 aliphatic carbocycles. The molecule has 3 rings (SSSR count). The number of nitrogens with two attached hydrogens (primary N) is 1. The standard InChI is InChI=1S/C22H29N3O.ClH/c23-15-17-25(16-12-19-8-3-1-4-9-19)18-21(26)24-22(13-7-14-22)20-10-5-2-6-11-20;/h1-6,8-11H,7,12-18,23H2,(H,24,26);1H. The molecule has 3 N–H and O–H groups in total. The van der Waals surface area contributed by atoms with Crippen molar-refractivity contribution in [3.63, 3.8) is 0 Å². The van der Waals surface area contributed by atoms with E-state index in [9.17, 15) is 4.79 Å². The minimum absolute atomic E-state index is 0. The van der Waals surface area contributed by atoms with Crippen LogP contribution in [-0.4, -0.2) is 37.0 Å². The summed E-state index contributed by atoms with van der Waals surface area (Å²) >= 11 is 0. The third-order valence-corrected chi connectivity index (χ3v) is 5.28. The molecule has 4 nitrogen and oxygen atoms in total. The van der Waals surface area contributed by atoms with Crippen LogP contribution in [0, 0.1) is 0 Å². The van der Waals surface area contributed by atoms with Crippen LogP contribution in [0.2, 0.25) is 0 Å². The van der Waals surface area contributed by atoms with Crippen molar-refractivity contribution in [3.05, 3.63) is 71.8 Å². The molecule has 1 aliphatic rings. The van der Waals surface area contributed by atoms with Gasteiger partial charge in [-0.05, 0) is 36.8 Å². The first kappa shape index (κ1) is 21.4. The Morgan fingerprint density at radius 3 is 2.19 bits per heavy atom. The van der Waals surface area contributed by atoms with Gasteiger partial charge in [0, 0.05) is 19.6 Å². The van der Waals surface area contributed by atoms with Crippen LogP contribution >= 0.6 is 12.4 Å². The van der Waals surface area contributed by atoms with Crippen molar-refractivity contribution in [3.8, 4) is 0 Å². The average molecular weight is 388 g/mol. The first-order valence-corrected chi connectivity index (χ1v) is 9.55. The van der Waals surface area contributed by atoms with E-state index in [-0.39, 0.29) is 23.9 Å². The fourth-order valence-corrected chi connectivity index (χ4v) is 3.67. The average Bonchev–Trinajstić information content (AvgIpc) is 2.64. The van der Waals surface area contributed by atoms with E-state index in [0.717, 1.165) is 38.8 Å². The molecule has 2 aromatic carbocycles. The van der Waals surface area contributed by atoms with Gasteiger partial charge in [-0.2, -0.15) is 0 Å². The van der Waals surface area contributed by atoms with Crippen molar-refractivity contribution in [2.45, 2.75) is 31.2 Å². The minimum atomic E-state index is -0.174. The Morgan fingerprint density at radius 2 is 1.63 bits per heavy atom. The van der Waals surface area contributed by atoms with Crippen LogP contribution in [0.4, 0.5) is 0 Å². The molecule has 0 spiro atoms. The number of carbonyl (C=O) groups is 1. The lowest BCUT2D eigenvalue weighted by Crippen LogP contribution is -2.53. The largest absolute Gasteiger partial charge is 0.345 e. The number of nitrogens with zero attached hydrogens (tertiary/aromatic N) is 1. The third kappa shape index (κ3) is 5.80. The molecule has 27 heavy (non-hydrogen) atoms. The monoisotopic (exact) mass is 387 g/mol. The quantitative estimate of drug-likeness (QED) is 0.695. The van der Waals surface area contributed by atoms with Crippen molar-refractivity contribution < 1.29 is 4.79 Å². The number of halogens is 1. The summed E-state index contributed by atoms with van der Waals surface area (Å²) in [5, 5.41) is 3.31. The maximum absolute atomic E-state index is 12.7. The lowest BCUT2D eigenvalue weighted by atomic mass is 9.72. The van der Waals surface area contributed by atoms with Crippen LogP contribution < -0.4 is 11.1 Å². The molecule has 0 saturated heterocycles. The molecule has 0 radical (unpaired) electrons. The molecule has 0 atom stereocenters. The second-order valence-electron chi connectivity index (χ2n) is 7.15. The van der Waals surface area contributed by atoms with Gasteiger partial charge in [0.25, 0.3) is 0 Å². The Morgan fingerprint density at radius 1 is 1.00 bits per heavy atom. The maximum atomic E-state index is 12.7. The fraction of sp³-hybridized carbons (Fsp3) is 0.409. The highest BCUT2D eigenvalue weighted by atomic mass is 35.5. The van der Waals surface area contributed by atoms with Crippen LogP contribution in [0.15, 0.2) is 60.7 Å². The molecule has 0 heterocycles. The van der Waals surface area contributed by atoms with Gasteiger partial charge in [-0.1, -0.05) is 60.7 Å². The van der Waals surface area contributed by atoms with Crippen LogP contribution in [0.3, 0.4) is 0 Å². The number of rotatable bonds is 9. The highest BCUT2D eigenvalue weighted by Gasteiger charge is 2.39. The predicted molar refractivity (Wildman–Crippen MR) is 113 cm³/mol. The van der Waals surface area contributed by atoms with Gasteiger partial charge in [-0.3, -0.25) is 9.69 Å². The molecule has 2 aromatic rings. The Labute approximate surface area is 168 Å². The van der Waals surface area contributed by atoms with Gasteiger partial charge < -0.3 is 11.1 Å². The van der Waals surface area contributed by atoms with Crippen molar-refractivity contribution in [2.75, 3.05) is 26.2 Å². The van der Waals surface area contributed by atoms with Gasteiger partial charge in [0.15, 0.2) is 0 Å². The van der Waals surface area contributed by atoms with Crippen molar-refractivity contribution in [1.29, 1.82) is 0 Å². The highest BCUT2D eigenvalue weighted by Crippen LogP contribution is 2.41. The van der Waals surface area contributed by atoms with Gasteiger partial charge in [0.05, 0.1) is 12.1 Å². The zero-order valence-corrected chi connectivity index (χ0v) is 16.6. The molecular formula is C22H30ClN3O. The van der Waals surface area contributed by atoms with Crippen LogP contribution in [0.25, 0.3) is 0 Å². The highest BCUT2D eigenvalue weighted by molar-refractivity contribution is 5.85. The molecule has 5 heteroatoms. The Balaban J connectivity index is 0.00000261. The van der Waals surface area contributed by atoms with Gasteiger partial charge in [0.1, 0.15) is 0 Å². The molecule has 0 bridgehead atoms. The van der Waals surface area contributed by atoms with Crippen molar-refractivity contribution >= 4 is 18.3 Å². The summed E-state index contributed by atoms with van der Waals surface area (Å²) in [5.41, 5.74) is 8.09. The van der Waals surface area contributed by atoms with Crippen molar-refractivity contribution in [2.24, 2.45) is 5.73 Å². The Kier molecular flexibility index (Phi) is 8.29. The predicted octanol–water partition coefficient (Wildman–Crippen LogP) is 3.11. The van der Waals surface area contributed by atoms with E-state index in [1.807, 2.05) is 24.3 Å². The maximum Gasteiger partial charge on any atom is 0.234 e. The normalized spacial score (nSPS) is 14.9. The smallest absolute Gasteiger partial charge is 0.234 e. The van der Waals surface area contributed by atoms with Crippen LogP contribution in [0.5, 0.6) is 0 Å². The van der Waals surface area contributed by atoms with Crippen LogP contribution in [-0.2, 0) is 16.8 Å². The van der Waals surface area contributed by atoms with E-state index in [1.54, 1.807) is 0 Å². The SMILES string of the molecule is Cl.NCCN(CCc1ccccc1)CC(=O)NC1(c2ccccc2)CCC1. The molecular weight excluding hydrogens is 358 g/mol. The van der Waals surface area contributed by atoms with E-state index < -0.39 is 0 Å². The Bertz CT molecular complexity index is 689. The fourth-order valence-electron chi connectivity index (χ4n) is 3.67. The van der Waals surface area contributed by atoms with Gasteiger partial charge in [-0.25, -0.2) is 0 Å². The number of amides is 1. The van der Waals surface area contributed by atoms with E-state index in [4.69, 9.17) is 5.73 Å². The van der Waals surface area contributed by atoms with E-state index >= 15 is 0 Å². The topological polar surface area (TPSA) is 58.4 Å². The number of benzene rings is 2. The zero-order chi connectivity index (χ0) is 18.2. The summed E-state index contributed by atoms with van der Waals surface area (Å²) in [5.74, 6) is 0.0927. The summed E-state index contributed by atoms with van der Waals surface area (Å²) in [6.07, 6.45) is 4.13. The molecule has 0 unspecified atom stereocenters. The van der Waals surface area contributed by atoms with Gasteiger partial charge in [0.2, 0.25) is 5.91 Å². The summed E-state index contributed by atoms with van der Waals surface area (Å²) in [6, 6.07) is 20.7. The van der Waals surface area contributed by atoms with Crippen molar-refractivity contribution in [1.82, 2.24) is 10.2 Å². The number of nitrogens with one attached hydrogen (secondary N) is 1. The van der Waals surface area contributed by atoms with E-state index in [0.29, 0.717) is 13.1 Å². The lowest BCUT2D eigenvalue weighted by molar-refractivity contribution is -0.125. The van der Waals surface area contributed by atoms with E-state index in [2.05, 4.69) is 46.6 Å². The lowest BCUT2D eigenvalue weighted by Gasteiger charge is -2.43. The number of hydrogen-bond donors (Lipinski definition) is 2. The summed E-state index contributed by atoms with van der Waals surface area (Å²) < 4.78 is 0. The van der Waals surface area contributed by atoms with Gasteiger partial charge in [-0.15, -0.1) is 12.4 Å². The zero-order valence-electron chi connectivity index (χ0n) is 15.8. The summed E-state index contributed by atoms with van der Waals surface area (Å²) in [4.78, 5) is 14.9. The minimum Gasteiger partial charge on any atom is -0.345 e. The number of hydrogen-bond acceptors (Lipinski definition) is 3. The molecule has 1 fully saturated rings. The molecule has 146 valence electrons. The second-order valence-corrected chi connectivity index (χ2v) is 7.15. The molecule has 1 saturated carbocycles. The number of carbonyl (C=O) groups excluding carboxylic acids is 1. The molecule has 0 aromatic heterocycles. The van der Waals surface area contributed by atoms with Gasteiger partial charge >= 0.3 is 0 Å². The first-order valence-electron chi connectivity index (χ1n) is 9.55.